The SMILES string of the molecule is O=C1C=C(CCO)N(Cc2ccccc2)CC1. The molecule has 0 bridgehead atoms. The normalized spacial score (nSPS) is 15.9. The lowest BCUT2D eigenvalue weighted by Crippen LogP contribution is -2.30. The summed E-state index contributed by atoms with van der Waals surface area (Å²) in [4.78, 5) is 13.5. The lowest BCUT2D eigenvalue weighted by molar-refractivity contribution is -0.115. The molecule has 17 heavy (non-hydrogen) atoms. The molecule has 3 nitrogen and oxygen atoms in total. The van der Waals surface area contributed by atoms with Crippen molar-refractivity contribution in [1.82, 2.24) is 4.90 Å². The minimum atomic E-state index is 0.0877. The molecule has 1 aliphatic heterocycles. The van der Waals surface area contributed by atoms with Gasteiger partial charge in [-0.25, -0.2) is 0 Å². The van der Waals surface area contributed by atoms with Crippen molar-refractivity contribution in [3.8, 4) is 0 Å². The first kappa shape index (κ1) is 11.9. The molecule has 0 saturated carbocycles. The first-order chi connectivity index (χ1) is 8.29. The molecule has 0 saturated heterocycles. The van der Waals surface area contributed by atoms with E-state index < -0.39 is 0 Å². The van der Waals surface area contributed by atoms with Crippen LogP contribution in [-0.2, 0) is 11.3 Å². The van der Waals surface area contributed by atoms with Crippen molar-refractivity contribution in [2.75, 3.05) is 13.2 Å². The second-order valence-electron chi connectivity index (χ2n) is 4.23. The fraction of sp³-hybridized carbons (Fsp3) is 0.357. The molecule has 0 spiro atoms. The van der Waals surface area contributed by atoms with E-state index in [-0.39, 0.29) is 12.4 Å². The van der Waals surface area contributed by atoms with Crippen LogP contribution in [0.15, 0.2) is 42.1 Å². The first-order valence-electron chi connectivity index (χ1n) is 5.93. The predicted molar refractivity (Wildman–Crippen MR) is 66.3 cm³/mol. The molecular formula is C14H17NO2. The average Bonchev–Trinajstić information content (AvgIpc) is 2.34. The van der Waals surface area contributed by atoms with Crippen LogP contribution >= 0.6 is 0 Å². The van der Waals surface area contributed by atoms with Crippen molar-refractivity contribution < 1.29 is 9.90 Å². The van der Waals surface area contributed by atoms with Crippen LogP contribution in [0.4, 0.5) is 0 Å². The van der Waals surface area contributed by atoms with E-state index >= 15 is 0 Å². The van der Waals surface area contributed by atoms with Crippen LogP contribution in [0.3, 0.4) is 0 Å². The molecule has 0 aliphatic carbocycles. The summed E-state index contributed by atoms with van der Waals surface area (Å²) in [5.74, 6) is 0.165. The van der Waals surface area contributed by atoms with E-state index in [1.807, 2.05) is 18.2 Å². The smallest absolute Gasteiger partial charge is 0.159 e. The lowest BCUT2D eigenvalue weighted by atomic mass is 10.1. The topological polar surface area (TPSA) is 40.5 Å². The van der Waals surface area contributed by atoms with Crippen molar-refractivity contribution in [3.63, 3.8) is 0 Å². The fourth-order valence-electron chi connectivity index (χ4n) is 2.07. The molecule has 1 heterocycles. The molecule has 0 radical (unpaired) electrons. The second-order valence-corrected chi connectivity index (χ2v) is 4.23. The van der Waals surface area contributed by atoms with Gasteiger partial charge in [-0.1, -0.05) is 30.3 Å². The molecule has 3 heteroatoms. The van der Waals surface area contributed by atoms with Crippen molar-refractivity contribution in [2.45, 2.75) is 19.4 Å². The summed E-state index contributed by atoms with van der Waals surface area (Å²) in [6.45, 7) is 1.64. The quantitative estimate of drug-likeness (QED) is 0.858. The van der Waals surface area contributed by atoms with Gasteiger partial charge in [0.25, 0.3) is 0 Å². The van der Waals surface area contributed by atoms with Gasteiger partial charge in [-0.3, -0.25) is 4.79 Å². The van der Waals surface area contributed by atoms with Crippen molar-refractivity contribution >= 4 is 5.78 Å². The summed E-state index contributed by atoms with van der Waals surface area (Å²) < 4.78 is 0. The van der Waals surface area contributed by atoms with E-state index in [1.54, 1.807) is 6.08 Å². The predicted octanol–water partition coefficient (Wildman–Crippen LogP) is 1.73. The van der Waals surface area contributed by atoms with Crippen LogP contribution in [0.1, 0.15) is 18.4 Å². The first-order valence-corrected chi connectivity index (χ1v) is 5.93. The number of rotatable bonds is 4. The molecule has 1 aromatic carbocycles. The van der Waals surface area contributed by atoms with Crippen LogP contribution in [0.2, 0.25) is 0 Å². The van der Waals surface area contributed by atoms with E-state index in [0.717, 1.165) is 18.8 Å². The third kappa shape index (κ3) is 3.17. The van der Waals surface area contributed by atoms with E-state index in [0.29, 0.717) is 12.8 Å². The molecule has 0 aromatic heterocycles. The number of hydrogen-bond donors (Lipinski definition) is 1. The minimum absolute atomic E-state index is 0.0877. The average molecular weight is 231 g/mol. The second kappa shape index (κ2) is 5.64. The number of carbonyl (C=O) groups is 1. The van der Waals surface area contributed by atoms with E-state index in [4.69, 9.17) is 5.11 Å². The molecule has 0 fully saturated rings. The highest BCUT2D eigenvalue weighted by Crippen LogP contribution is 2.18. The summed E-state index contributed by atoms with van der Waals surface area (Å²) in [7, 11) is 0. The van der Waals surface area contributed by atoms with Gasteiger partial charge in [0.2, 0.25) is 0 Å². The molecule has 0 unspecified atom stereocenters. The van der Waals surface area contributed by atoms with E-state index in [2.05, 4.69) is 17.0 Å². The number of nitrogens with zero attached hydrogens (tertiary/aromatic N) is 1. The van der Waals surface area contributed by atoms with Gasteiger partial charge in [0.05, 0.1) is 0 Å². The minimum Gasteiger partial charge on any atom is -0.396 e. The number of ketones is 1. The Morgan fingerprint density at radius 1 is 1.24 bits per heavy atom. The van der Waals surface area contributed by atoms with Gasteiger partial charge in [0.15, 0.2) is 5.78 Å². The Bertz CT molecular complexity index is 411. The molecular weight excluding hydrogens is 214 g/mol. The van der Waals surface area contributed by atoms with Crippen molar-refractivity contribution in [1.29, 1.82) is 0 Å². The Labute approximate surface area is 101 Å². The maximum atomic E-state index is 11.4. The Hall–Kier alpha value is -1.61. The molecule has 1 aliphatic rings. The molecule has 0 atom stereocenters. The maximum Gasteiger partial charge on any atom is 0.159 e. The molecule has 1 aromatic rings. The highest BCUT2D eigenvalue weighted by atomic mass is 16.3. The van der Waals surface area contributed by atoms with Gasteiger partial charge in [-0.15, -0.1) is 0 Å². The van der Waals surface area contributed by atoms with Gasteiger partial charge in [0.1, 0.15) is 0 Å². The van der Waals surface area contributed by atoms with Gasteiger partial charge in [0, 0.05) is 44.3 Å². The highest BCUT2D eigenvalue weighted by Gasteiger charge is 2.17. The van der Waals surface area contributed by atoms with E-state index in [9.17, 15) is 4.79 Å². The van der Waals surface area contributed by atoms with Crippen molar-refractivity contribution in [3.05, 3.63) is 47.7 Å². The third-order valence-electron chi connectivity index (χ3n) is 2.95. The lowest BCUT2D eigenvalue weighted by Gasteiger charge is -2.30. The molecule has 90 valence electrons. The number of aliphatic hydroxyl groups excluding tert-OH is 1. The van der Waals surface area contributed by atoms with Gasteiger partial charge < -0.3 is 10.0 Å². The zero-order valence-corrected chi connectivity index (χ0v) is 9.80. The zero-order valence-electron chi connectivity index (χ0n) is 9.80. The standard InChI is InChI=1S/C14H17NO2/c16-9-7-13-10-14(17)6-8-15(13)11-12-4-2-1-3-5-12/h1-5,10,16H,6-9,11H2. The largest absolute Gasteiger partial charge is 0.396 e. The van der Waals surface area contributed by atoms with Crippen LogP contribution < -0.4 is 0 Å². The van der Waals surface area contributed by atoms with Crippen LogP contribution in [0, 0.1) is 0 Å². The molecule has 1 N–H and O–H groups in total. The Morgan fingerprint density at radius 3 is 2.71 bits per heavy atom. The molecule has 0 amide bonds. The van der Waals surface area contributed by atoms with E-state index in [1.165, 1.54) is 5.56 Å². The summed E-state index contributed by atoms with van der Waals surface area (Å²) in [5.41, 5.74) is 2.18. The van der Waals surface area contributed by atoms with Crippen molar-refractivity contribution in [2.24, 2.45) is 0 Å². The van der Waals surface area contributed by atoms with Crippen LogP contribution in [0.25, 0.3) is 0 Å². The van der Waals surface area contributed by atoms with Gasteiger partial charge in [-0.05, 0) is 5.56 Å². The number of benzene rings is 1. The number of carbonyl (C=O) groups excluding carboxylic acids is 1. The number of aliphatic hydroxyl groups is 1. The summed E-state index contributed by atoms with van der Waals surface area (Å²) in [5, 5.41) is 9.01. The monoisotopic (exact) mass is 231 g/mol. The summed E-state index contributed by atoms with van der Waals surface area (Å²) in [6, 6.07) is 10.2. The van der Waals surface area contributed by atoms with Gasteiger partial charge >= 0.3 is 0 Å². The highest BCUT2D eigenvalue weighted by molar-refractivity contribution is 5.91. The summed E-state index contributed by atoms with van der Waals surface area (Å²) >= 11 is 0. The summed E-state index contributed by atoms with van der Waals surface area (Å²) in [6.07, 6.45) is 2.79. The zero-order chi connectivity index (χ0) is 12.1. The Morgan fingerprint density at radius 2 is 2.00 bits per heavy atom. The third-order valence-corrected chi connectivity index (χ3v) is 2.95. The van der Waals surface area contributed by atoms with Gasteiger partial charge in [-0.2, -0.15) is 0 Å². The van der Waals surface area contributed by atoms with Crippen LogP contribution in [-0.4, -0.2) is 28.9 Å². The number of hydrogen-bond acceptors (Lipinski definition) is 3. The fourth-order valence-corrected chi connectivity index (χ4v) is 2.07. The molecule has 2 rings (SSSR count). The van der Waals surface area contributed by atoms with Crippen LogP contribution in [0.5, 0.6) is 0 Å². The Balaban J connectivity index is 2.09. The Kier molecular flexibility index (Phi) is 3.94. The maximum absolute atomic E-state index is 11.4. The number of allylic oxidation sites excluding steroid dienone is 1.